The van der Waals surface area contributed by atoms with Crippen LogP contribution in [0.25, 0.3) is 0 Å². The Kier molecular flexibility index (Phi) is 3.59. The molecule has 1 unspecified atom stereocenters. The van der Waals surface area contributed by atoms with Gasteiger partial charge in [0.15, 0.2) is 5.78 Å². The Bertz CT molecular complexity index is 613. The van der Waals surface area contributed by atoms with Crippen molar-refractivity contribution < 1.29 is 9.59 Å². The van der Waals surface area contributed by atoms with Crippen LogP contribution in [0, 0.1) is 28.6 Å². The van der Waals surface area contributed by atoms with E-state index >= 15 is 0 Å². The van der Waals surface area contributed by atoms with Gasteiger partial charge in [-0.2, -0.15) is 0 Å². The third-order valence-electron chi connectivity index (χ3n) is 8.12. The van der Waals surface area contributed by atoms with Crippen LogP contribution in [0.4, 0.5) is 4.79 Å². The topological polar surface area (TPSA) is 72.2 Å². The van der Waals surface area contributed by atoms with Crippen molar-refractivity contribution in [3.8, 4) is 0 Å². The normalized spacial score (nSPS) is 47.2. The molecule has 4 rings (SSSR count). The van der Waals surface area contributed by atoms with E-state index in [4.69, 9.17) is 5.73 Å². The quantitative estimate of drug-likeness (QED) is 0.771. The van der Waals surface area contributed by atoms with Crippen LogP contribution in [0.2, 0.25) is 0 Å². The van der Waals surface area contributed by atoms with Crippen molar-refractivity contribution in [2.45, 2.75) is 71.3 Å². The number of ketones is 1. The zero-order chi connectivity index (χ0) is 17.1. The fourth-order valence-electron chi connectivity index (χ4n) is 6.88. The van der Waals surface area contributed by atoms with Crippen LogP contribution in [-0.4, -0.2) is 17.9 Å². The molecule has 2 amide bonds. The van der Waals surface area contributed by atoms with Crippen LogP contribution in [0.15, 0.2) is 11.6 Å². The first-order valence-electron chi connectivity index (χ1n) is 9.63. The number of carbonyl (C=O) groups excluding carboxylic acids is 2. The number of amides is 2. The molecule has 4 nitrogen and oxygen atoms in total. The summed E-state index contributed by atoms with van der Waals surface area (Å²) in [6.07, 6.45) is 10.8. The maximum absolute atomic E-state index is 12.0. The standard InChI is InChI=1S/C20H30N2O2/c1-19-7-3-4-14(19)17-15(6-8-19)20(2)9-5-13(23)10-12(20)11-16(17)22-18(21)24/h10,14-17H,3-9,11H2,1-2H3,(H3,21,22,24)/t14-,15-,16?,17-,19-,20-/m0/s1. The zero-order valence-electron chi connectivity index (χ0n) is 14.9. The molecule has 24 heavy (non-hydrogen) atoms. The zero-order valence-corrected chi connectivity index (χ0v) is 14.9. The molecular formula is C20H30N2O2. The highest BCUT2D eigenvalue weighted by Gasteiger charge is 2.59. The maximum Gasteiger partial charge on any atom is 0.312 e. The van der Waals surface area contributed by atoms with Gasteiger partial charge in [0.2, 0.25) is 0 Å². The van der Waals surface area contributed by atoms with Crippen LogP contribution in [0.3, 0.4) is 0 Å². The monoisotopic (exact) mass is 330 g/mol. The Hall–Kier alpha value is -1.32. The minimum absolute atomic E-state index is 0.0976. The average Bonchev–Trinajstić information content (AvgIpc) is 2.90. The highest BCUT2D eigenvalue weighted by atomic mass is 16.2. The number of nitrogens with one attached hydrogen (secondary N) is 1. The number of primary amides is 1. The van der Waals surface area contributed by atoms with Crippen LogP contribution in [0.5, 0.6) is 0 Å². The lowest BCUT2D eigenvalue weighted by atomic mass is 9.46. The van der Waals surface area contributed by atoms with Gasteiger partial charge in [-0.05, 0) is 73.2 Å². The van der Waals surface area contributed by atoms with Gasteiger partial charge in [-0.15, -0.1) is 0 Å². The summed E-state index contributed by atoms with van der Waals surface area (Å²) in [5.74, 6) is 2.01. The van der Waals surface area contributed by atoms with E-state index in [1.54, 1.807) is 0 Å². The number of fused-ring (bicyclic) bond motifs is 5. The summed E-state index contributed by atoms with van der Waals surface area (Å²) >= 11 is 0. The minimum Gasteiger partial charge on any atom is -0.352 e. The highest BCUT2D eigenvalue weighted by Crippen LogP contribution is 2.65. The summed E-state index contributed by atoms with van der Waals surface area (Å²) in [4.78, 5) is 23.6. The summed E-state index contributed by atoms with van der Waals surface area (Å²) in [7, 11) is 0. The first-order valence-corrected chi connectivity index (χ1v) is 9.63. The molecule has 0 aromatic carbocycles. The summed E-state index contributed by atoms with van der Waals surface area (Å²) < 4.78 is 0. The van der Waals surface area contributed by atoms with Crippen LogP contribution < -0.4 is 11.1 Å². The smallest absolute Gasteiger partial charge is 0.312 e. The Labute approximate surface area is 144 Å². The van der Waals surface area contributed by atoms with Crippen molar-refractivity contribution in [2.75, 3.05) is 0 Å². The number of nitrogens with two attached hydrogens (primary N) is 1. The average molecular weight is 330 g/mol. The Balaban J connectivity index is 1.75. The van der Waals surface area contributed by atoms with Gasteiger partial charge in [-0.3, -0.25) is 4.79 Å². The first-order chi connectivity index (χ1) is 11.3. The van der Waals surface area contributed by atoms with Crippen molar-refractivity contribution >= 4 is 11.8 Å². The van der Waals surface area contributed by atoms with E-state index in [0.29, 0.717) is 29.6 Å². The van der Waals surface area contributed by atoms with Gasteiger partial charge in [0.1, 0.15) is 0 Å². The number of hydrogen-bond acceptors (Lipinski definition) is 2. The predicted molar refractivity (Wildman–Crippen MR) is 93.2 cm³/mol. The number of carbonyl (C=O) groups is 2. The number of hydrogen-bond donors (Lipinski definition) is 2. The lowest BCUT2D eigenvalue weighted by Crippen LogP contribution is -2.59. The minimum atomic E-state index is -0.421. The van der Waals surface area contributed by atoms with E-state index in [2.05, 4.69) is 19.2 Å². The summed E-state index contributed by atoms with van der Waals surface area (Å²) in [6, 6.07) is -0.323. The van der Waals surface area contributed by atoms with Crippen molar-refractivity contribution in [3.63, 3.8) is 0 Å². The van der Waals surface area contributed by atoms with Gasteiger partial charge in [0.25, 0.3) is 0 Å². The van der Waals surface area contributed by atoms with Crippen molar-refractivity contribution in [2.24, 2.45) is 34.3 Å². The third-order valence-corrected chi connectivity index (χ3v) is 8.12. The number of rotatable bonds is 1. The van der Waals surface area contributed by atoms with Crippen molar-refractivity contribution in [1.29, 1.82) is 0 Å². The maximum atomic E-state index is 12.0. The summed E-state index contributed by atoms with van der Waals surface area (Å²) in [5, 5.41) is 3.06. The molecule has 3 saturated carbocycles. The molecule has 0 radical (unpaired) electrons. The van der Waals surface area contributed by atoms with Crippen LogP contribution in [0.1, 0.15) is 65.2 Å². The molecule has 0 aromatic rings. The second-order valence-corrected chi connectivity index (χ2v) is 9.25. The fourth-order valence-corrected chi connectivity index (χ4v) is 6.88. The number of urea groups is 1. The van der Waals surface area contributed by atoms with Crippen molar-refractivity contribution in [3.05, 3.63) is 11.6 Å². The highest BCUT2D eigenvalue weighted by molar-refractivity contribution is 5.91. The lowest BCUT2D eigenvalue weighted by molar-refractivity contribution is -0.117. The largest absolute Gasteiger partial charge is 0.352 e. The van der Waals surface area contributed by atoms with Crippen molar-refractivity contribution in [1.82, 2.24) is 5.32 Å². The molecule has 4 heteroatoms. The molecule has 0 saturated heterocycles. The van der Waals surface area contributed by atoms with Gasteiger partial charge < -0.3 is 11.1 Å². The molecule has 132 valence electrons. The first kappa shape index (κ1) is 16.2. The van der Waals surface area contributed by atoms with Gasteiger partial charge in [0.05, 0.1) is 0 Å². The van der Waals surface area contributed by atoms with Crippen LogP contribution in [-0.2, 0) is 4.79 Å². The lowest BCUT2D eigenvalue weighted by Gasteiger charge is -2.59. The van der Waals surface area contributed by atoms with E-state index in [1.807, 2.05) is 6.08 Å². The van der Waals surface area contributed by atoms with E-state index in [1.165, 1.54) is 37.7 Å². The van der Waals surface area contributed by atoms with E-state index < -0.39 is 6.03 Å². The molecule has 0 spiro atoms. The molecule has 0 bridgehead atoms. The van der Waals surface area contributed by atoms with E-state index in [0.717, 1.165) is 12.8 Å². The molecule has 6 atom stereocenters. The molecule has 0 aliphatic heterocycles. The van der Waals surface area contributed by atoms with Crippen LogP contribution >= 0.6 is 0 Å². The predicted octanol–water partition coefficient (Wildman–Crippen LogP) is 3.56. The summed E-state index contributed by atoms with van der Waals surface area (Å²) in [6.45, 7) is 4.83. The third kappa shape index (κ3) is 2.25. The molecule has 3 fully saturated rings. The summed E-state index contributed by atoms with van der Waals surface area (Å²) in [5.41, 5.74) is 7.34. The van der Waals surface area contributed by atoms with Gasteiger partial charge in [0, 0.05) is 12.5 Å². The molecule has 4 aliphatic carbocycles. The Morgan fingerprint density at radius 2 is 2.00 bits per heavy atom. The molecule has 3 N–H and O–H groups in total. The Morgan fingerprint density at radius 3 is 2.75 bits per heavy atom. The van der Waals surface area contributed by atoms with E-state index in [9.17, 15) is 9.59 Å². The Morgan fingerprint density at radius 1 is 1.21 bits per heavy atom. The van der Waals surface area contributed by atoms with Gasteiger partial charge in [-0.1, -0.05) is 25.8 Å². The molecule has 4 aliphatic rings. The molecule has 0 aromatic heterocycles. The molecule has 0 heterocycles. The van der Waals surface area contributed by atoms with Gasteiger partial charge in [-0.25, -0.2) is 4.79 Å². The fraction of sp³-hybridized carbons (Fsp3) is 0.800. The second-order valence-electron chi connectivity index (χ2n) is 9.25. The SMILES string of the molecule is C[C@@]12CCC[C@H]1[C@@H]1C(NC(N)=O)CC3=CC(=O)CC[C@]3(C)[C@H]1CC2. The van der Waals surface area contributed by atoms with Gasteiger partial charge >= 0.3 is 6.03 Å². The second kappa shape index (κ2) is 5.34. The van der Waals surface area contributed by atoms with E-state index in [-0.39, 0.29) is 17.2 Å². The molecular weight excluding hydrogens is 300 g/mol.